The minimum absolute atomic E-state index is 0.102. The highest BCUT2D eigenvalue weighted by Crippen LogP contribution is 2.16. The number of hydrogen-bond acceptors (Lipinski definition) is 3. The lowest BCUT2D eigenvalue weighted by Gasteiger charge is -2.10. The second-order valence-corrected chi connectivity index (χ2v) is 6.40. The van der Waals surface area contributed by atoms with Crippen LogP contribution in [0.4, 0.5) is 4.39 Å². The predicted octanol–water partition coefficient (Wildman–Crippen LogP) is 2.43. The first-order valence-electron chi connectivity index (χ1n) is 7.85. The van der Waals surface area contributed by atoms with Crippen molar-refractivity contribution in [3.05, 3.63) is 68.5 Å². The van der Waals surface area contributed by atoms with Crippen molar-refractivity contribution in [1.29, 1.82) is 0 Å². The van der Waals surface area contributed by atoms with Gasteiger partial charge in [0.25, 0.3) is 5.56 Å². The summed E-state index contributed by atoms with van der Waals surface area (Å²) in [7, 11) is 3.97. The molecule has 0 radical (unpaired) electrons. The Kier molecular flexibility index (Phi) is 4.24. The highest BCUT2D eigenvalue weighted by molar-refractivity contribution is 5.51. The van der Waals surface area contributed by atoms with E-state index in [0.717, 1.165) is 16.8 Å². The van der Waals surface area contributed by atoms with Crippen LogP contribution < -0.4 is 5.56 Å². The molecule has 0 unspecified atom stereocenters. The highest BCUT2D eigenvalue weighted by atomic mass is 19.1. The molecule has 0 spiro atoms. The summed E-state index contributed by atoms with van der Waals surface area (Å²) in [6, 6.07) is 6.20. The molecule has 0 aliphatic heterocycles. The molecule has 1 N–H and O–H groups in total. The summed E-state index contributed by atoms with van der Waals surface area (Å²) in [5.74, 6) is -0.283. The van der Waals surface area contributed by atoms with Gasteiger partial charge in [-0.05, 0) is 45.6 Å². The molecule has 1 aromatic carbocycles. The first-order chi connectivity index (χ1) is 11.4. The Hall–Kier alpha value is -2.47. The SMILES string of the molecule is Cc1nc2c(CN(C)C)c(C)[nH]n2c(=O)c1Cc1ccc(F)cc1. The molecule has 3 aromatic rings. The number of halogens is 1. The Morgan fingerprint density at radius 2 is 1.83 bits per heavy atom. The number of aromatic nitrogens is 3. The van der Waals surface area contributed by atoms with Crippen molar-refractivity contribution in [3.63, 3.8) is 0 Å². The molecule has 0 atom stereocenters. The Labute approximate surface area is 139 Å². The Bertz CT molecular complexity index is 938. The number of aromatic amines is 1. The van der Waals surface area contributed by atoms with E-state index in [1.54, 1.807) is 12.1 Å². The van der Waals surface area contributed by atoms with E-state index in [1.165, 1.54) is 16.6 Å². The summed E-state index contributed by atoms with van der Waals surface area (Å²) < 4.78 is 14.6. The third kappa shape index (κ3) is 2.97. The van der Waals surface area contributed by atoms with Crippen molar-refractivity contribution in [1.82, 2.24) is 19.5 Å². The summed E-state index contributed by atoms with van der Waals surface area (Å²) in [6.07, 6.45) is 0.433. The van der Waals surface area contributed by atoms with E-state index in [9.17, 15) is 9.18 Å². The molecule has 0 amide bonds. The average Bonchev–Trinajstić information content (AvgIpc) is 2.82. The maximum absolute atomic E-state index is 13.1. The lowest BCUT2D eigenvalue weighted by atomic mass is 10.0. The van der Waals surface area contributed by atoms with E-state index in [0.29, 0.717) is 29.9 Å². The molecule has 24 heavy (non-hydrogen) atoms. The molecule has 6 heteroatoms. The summed E-state index contributed by atoms with van der Waals surface area (Å²) in [5, 5.41) is 3.12. The zero-order valence-corrected chi connectivity index (χ0v) is 14.4. The number of hydrogen-bond donors (Lipinski definition) is 1. The van der Waals surface area contributed by atoms with Gasteiger partial charge in [0, 0.05) is 35.5 Å². The van der Waals surface area contributed by atoms with Crippen LogP contribution in [0.1, 0.15) is 28.1 Å². The molecule has 2 aromatic heterocycles. The quantitative estimate of drug-likeness (QED) is 0.800. The number of nitrogens with one attached hydrogen (secondary N) is 1. The van der Waals surface area contributed by atoms with Gasteiger partial charge >= 0.3 is 0 Å². The van der Waals surface area contributed by atoms with Gasteiger partial charge in [-0.2, -0.15) is 0 Å². The van der Waals surface area contributed by atoms with Crippen LogP contribution in [0.5, 0.6) is 0 Å². The fourth-order valence-electron chi connectivity index (χ4n) is 2.89. The minimum atomic E-state index is -0.283. The van der Waals surface area contributed by atoms with Gasteiger partial charge in [-0.1, -0.05) is 12.1 Å². The van der Waals surface area contributed by atoms with Crippen molar-refractivity contribution in [2.75, 3.05) is 14.1 Å². The molecule has 0 aliphatic rings. The van der Waals surface area contributed by atoms with Crippen molar-refractivity contribution >= 4 is 5.65 Å². The molecule has 2 heterocycles. The van der Waals surface area contributed by atoms with E-state index in [1.807, 2.05) is 32.8 Å². The van der Waals surface area contributed by atoms with Gasteiger partial charge in [0.05, 0.1) is 0 Å². The normalized spacial score (nSPS) is 11.6. The molecule has 0 fully saturated rings. The molecule has 0 saturated heterocycles. The predicted molar refractivity (Wildman–Crippen MR) is 91.9 cm³/mol. The van der Waals surface area contributed by atoms with E-state index >= 15 is 0 Å². The fraction of sp³-hybridized carbons (Fsp3) is 0.333. The van der Waals surface area contributed by atoms with Gasteiger partial charge in [-0.15, -0.1) is 0 Å². The van der Waals surface area contributed by atoms with Gasteiger partial charge in [-0.3, -0.25) is 9.89 Å². The molecule has 5 nitrogen and oxygen atoms in total. The third-order valence-corrected chi connectivity index (χ3v) is 4.15. The number of rotatable bonds is 4. The largest absolute Gasteiger partial charge is 0.305 e. The molecule has 0 bridgehead atoms. The monoisotopic (exact) mass is 328 g/mol. The third-order valence-electron chi connectivity index (χ3n) is 4.15. The van der Waals surface area contributed by atoms with Crippen LogP contribution in [0, 0.1) is 19.7 Å². The van der Waals surface area contributed by atoms with Gasteiger partial charge in [0.2, 0.25) is 0 Å². The topological polar surface area (TPSA) is 53.4 Å². The lowest BCUT2D eigenvalue weighted by molar-refractivity contribution is 0.402. The van der Waals surface area contributed by atoms with Gasteiger partial charge in [0.15, 0.2) is 5.65 Å². The average molecular weight is 328 g/mol. The van der Waals surface area contributed by atoms with Gasteiger partial charge in [0.1, 0.15) is 5.82 Å². The smallest absolute Gasteiger partial charge is 0.276 e. The fourth-order valence-corrected chi connectivity index (χ4v) is 2.89. The number of aryl methyl sites for hydroxylation is 2. The molecule has 126 valence electrons. The maximum atomic E-state index is 13.1. The molecule has 0 saturated carbocycles. The summed E-state index contributed by atoms with van der Waals surface area (Å²) in [4.78, 5) is 19.6. The second kappa shape index (κ2) is 6.20. The number of fused-ring (bicyclic) bond motifs is 1. The first-order valence-corrected chi connectivity index (χ1v) is 7.85. The van der Waals surface area contributed by atoms with Crippen molar-refractivity contribution < 1.29 is 4.39 Å². The van der Waals surface area contributed by atoms with Crippen LogP contribution in [0.15, 0.2) is 29.1 Å². The van der Waals surface area contributed by atoms with Crippen molar-refractivity contribution in [3.8, 4) is 0 Å². The Balaban J connectivity index is 2.10. The van der Waals surface area contributed by atoms with Gasteiger partial charge < -0.3 is 4.90 Å². The summed E-state index contributed by atoms with van der Waals surface area (Å²) in [6.45, 7) is 4.51. The summed E-state index contributed by atoms with van der Waals surface area (Å²) >= 11 is 0. The van der Waals surface area contributed by atoms with Crippen LogP contribution >= 0.6 is 0 Å². The lowest BCUT2D eigenvalue weighted by Crippen LogP contribution is -2.22. The van der Waals surface area contributed by atoms with E-state index in [2.05, 4.69) is 10.1 Å². The molecular weight excluding hydrogens is 307 g/mol. The molecule has 3 rings (SSSR count). The second-order valence-electron chi connectivity index (χ2n) is 6.40. The first kappa shape index (κ1) is 16.4. The van der Waals surface area contributed by atoms with E-state index in [4.69, 9.17) is 0 Å². The number of H-pyrrole nitrogens is 1. The number of benzene rings is 1. The van der Waals surface area contributed by atoms with E-state index < -0.39 is 0 Å². The summed E-state index contributed by atoms with van der Waals surface area (Å²) in [5.41, 5.74) is 4.75. The van der Waals surface area contributed by atoms with Crippen LogP contribution in [0.3, 0.4) is 0 Å². The van der Waals surface area contributed by atoms with Gasteiger partial charge in [-0.25, -0.2) is 13.9 Å². The Morgan fingerprint density at radius 3 is 2.46 bits per heavy atom. The zero-order chi connectivity index (χ0) is 17.4. The molecule has 0 aliphatic carbocycles. The molecular formula is C18H21FN4O. The Morgan fingerprint density at radius 1 is 1.17 bits per heavy atom. The number of nitrogens with zero attached hydrogens (tertiary/aromatic N) is 3. The van der Waals surface area contributed by atoms with Crippen LogP contribution in [-0.2, 0) is 13.0 Å². The van der Waals surface area contributed by atoms with Crippen LogP contribution in [0.25, 0.3) is 5.65 Å². The van der Waals surface area contributed by atoms with Crippen molar-refractivity contribution in [2.45, 2.75) is 26.8 Å². The van der Waals surface area contributed by atoms with E-state index in [-0.39, 0.29) is 11.4 Å². The highest BCUT2D eigenvalue weighted by Gasteiger charge is 2.17. The van der Waals surface area contributed by atoms with Crippen molar-refractivity contribution in [2.24, 2.45) is 0 Å². The standard InChI is InChI=1S/C18H21FN4O/c1-11-15(9-13-5-7-14(19)8-6-13)18(24)23-17(20-11)16(10-22(3)4)12(2)21-23/h5-8,21H,9-10H2,1-4H3. The zero-order valence-electron chi connectivity index (χ0n) is 14.4. The van der Waals surface area contributed by atoms with Crippen LogP contribution in [0.2, 0.25) is 0 Å². The van der Waals surface area contributed by atoms with Crippen LogP contribution in [-0.4, -0.2) is 33.6 Å². The maximum Gasteiger partial charge on any atom is 0.276 e. The minimum Gasteiger partial charge on any atom is -0.305 e.